The standard InChI is InChI=1S/C14H14N2O2.ClH/c1-11-5-7-12(8-6-11)10-15-13-3-2-4-14(9-13)16(17)18;/h2-9,15H,10H2,1H3;1H. The summed E-state index contributed by atoms with van der Waals surface area (Å²) >= 11 is 0. The van der Waals surface area contributed by atoms with Crippen LogP contribution in [0.3, 0.4) is 0 Å². The lowest BCUT2D eigenvalue weighted by atomic mass is 10.1. The second-order valence-corrected chi connectivity index (χ2v) is 4.25. The molecule has 0 aliphatic rings. The van der Waals surface area contributed by atoms with Crippen LogP contribution in [0, 0.1) is 17.0 Å². The van der Waals surface area contributed by atoms with Gasteiger partial charge in [-0.25, -0.2) is 0 Å². The van der Waals surface area contributed by atoms with Crippen LogP contribution in [0.2, 0.25) is 0 Å². The van der Waals surface area contributed by atoms with Crippen LogP contribution < -0.4 is 17.7 Å². The van der Waals surface area contributed by atoms with Crippen molar-refractivity contribution in [3.63, 3.8) is 0 Å². The number of hydrogen-bond acceptors (Lipinski definition) is 2. The van der Waals surface area contributed by atoms with Crippen LogP contribution in [0.4, 0.5) is 11.4 Å². The number of hydrogen-bond donors (Lipinski definition) is 1. The van der Waals surface area contributed by atoms with Gasteiger partial charge in [-0.2, -0.15) is 0 Å². The third kappa shape index (κ3) is 4.35. The first-order chi connectivity index (χ1) is 8.65. The van der Waals surface area contributed by atoms with Crippen LogP contribution in [0.25, 0.3) is 0 Å². The lowest BCUT2D eigenvalue weighted by Gasteiger charge is -2.02. The first-order valence-electron chi connectivity index (χ1n) is 5.78. The van der Waals surface area contributed by atoms with E-state index in [2.05, 4.69) is 24.3 Å². The van der Waals surface area contributed by atoms with E-state index in [1.165, 1.54) is 17.2 Å². The van der Waals surface area contributed by atoms with E-state index in [1.807, 2.05) is 18.3 Å². The number of rotatable bonds is 4. The Morgan fingerprint density at radius 1 is 1.16 bits per heavy atom. The summed E-state index contributed by atoms with van der Waals surface area (Å²) in [5.41, 5.74) is 3.44. The van der Waals surface area contributed by atoms with Crippen molar-refractivity contribution >= 4 is 11.4 Å². The van der Waals surface area contributed by atoms with Gasteiger partial charge in [0.25, 0.3) is 5.69 Å². The molecule has 0 fully saturated rings. The highest BCUT2D eigenvalue weighted by Gasteiger charge is 2.07. The molecule has 0 spiro atoms. The van der Waals surface area contributed by atoms with Gasteiger partial charge in [0.15, 0.2) is 0 Å². The molecule has 2 rings (SSSR count). The summed E-state index contributed by atoms with van der Waals surface area (Å²) in [6, 6.07) is 15.0. The summed E-state index contributed by atoms with van der Waals surface area (Å²) in [6.07, 6.45) is 0. The fraction of sp³-hybridized carbons (Fsp3) is 0.143. The molecule has 0 aliphatic heterocycles. The molecule has 0 aromatic heterocycles. The molecular formula is C14H15ClN2O2. The number of halogens is 1. The number of nitro groups is 1. The quantitative estimate of drug-likeness (QED) is 0.457. The molecule has 0 saturated heterocycles. The zero-order valence-corrected chi connectivity index (χ0v) is 11.3. The maximum absolute atomic E-state index is 10.7. The minimum Gasteiger partial charge on any atom is -1.00 e. The first-order valence-corrected chi connectivity index (χ1v) is 5.78. The van der Waals surface area contributed by atoms with Crippen molar-refractivity contribution < 1.29 is 22.6 Å². The highest BCUT2D eigenvalue weighted by atomic mass is 35.5. The van der Waals surface area contributed by atoms with Crippen molar-refractivity contribution in [3.05, 3.63) is 69.8 Å². The fourth-order valence-electron chi connectivity index (χ4n) is 1.73. The van der Waals surface area contributed by atoms with Gasteiger partial charge in [0.2, 0.25) is 0 Å². The van der Waals surface area contributed by atoms with E-state index < -0.39 is 0 Å². The predicted molar refractivity (Wildman–Crippen MR) is 69.6 cm³/mol. The first kappa shape index (κ1) is 15.1. The summed E-state index contributed by atoms with van der Waals surface area (Å²) < 4.78 is 0. The van der Waals surface area contributed by atoms with Gasteiger partial charge in [-0.05, 0) is 19.1 Å². The Morgan fingerprint density at radius 2 is 1.84 bits per heavy atom. The van der Waals surface area contributed by atoms with Gasteiger partial charge in [-0.1, -0.05) is 29.8 Å². The molecule has 2 aromatic rings. The van der Waals surface area contributed by atoms with Crippen LogP contribution in [0.5, 0.6) is 0 Å². The topological polar surface area (TPSA) is 59.8 Å². The molecule has 0 aliphatic carbocycles. The summed E-state index contributed by atoms with van der Waals surface area (Å²) in [5.74, 6) is 0. The Bertz CT molecular complexity index is 556. The highest BCUT2D eigenvalue weighted by molar-refractivity contribution is 5.41. The molecule has 0 amide bonds. The number of quaternary nitrogens is 1. The summed E-state index contributed by atoms with van der Waals surface area (Å²) in [5, 5.41) is 12.7. The normalized spacial score (nSPS) is 9.74. The van der Waals surface area contributed by atoms with Gasteiger partial charge in [-0.15, -0.1) is 0 Å². The van der Waals surface area contributed by atoms with E-state index in [-0.39, 0.29) is 23.0 Å². The van der Waals surface area contributed by atoms with Crippen molar-refractivity contribution in [2.24, 2.45) is 0 Å². The average molecular weight is 279 g/mol. The smallest absolute Gasteiger partial charge is 0.275 e. The number of nitrogens with zero attached hydrogens (tertiary/aromatic N) is 1. The maximum atomic E-state index is 10.7. The molecule has 4 nitrogen and oxygen atoms in total. The maximum Gasteiger partial charge on any atom is 0.275 e. The SMILES string of the molecule is Cc1ccc(C[NH2+]c2cccc([N+](=O)[O-])c2)cc1.[Cl-]. The highest BCUT2D eigenvalue weighted by Crippen LogP contribution is 2.13. The molecular weight excluding hydrogens is 264 g/mol. The molecule has 2 aromatic carbocycles. The minimum atomic E-state index is -0.372. The molecule has 0 saturated carbocycles. The molecule has 0 bridgehead atoms. The lowest BCUT2D eigenvalue weighted by Crippen LogP contribution is -3.00. The second-order valence-electron chi connectivity index (χ2n) is 4.25. The molecule has 0 atom stereocenters. The monoisotopic (exact) mass is 278 g/mol. The Labute approximate surface area is 118 Å². The lowest BCUT2D eigenvalue weighted by molar-refractivity contribution is -0.588. The van der Waals surface area contributed by atoms with Crippen LogP contribution in [0.15, 0.2) is 48.5 Å². The van der Waals surface area contributed by atoms with Gasteiger partial charge in [0.05, 0.1) is 11.0 Å². The van der Waals surface area contributed by atoms with Crippen LogP contribution in [0.1, 0.15) is 11.1 Å². The van der Waals surface area contributed by atoms with Gasteiger partial charge < -0.3 is 17.7 Å². The minimum absolute atomic E-state index is 0. The predicted octanol–water partition coefficient (Wildman–Crippen LogP) is -0.698. The van der Waals surface area contributed by atoms with Crippen LogP contribution in [-0.4, -0.2) is 4.92 Å². The molecule has 5 heteroatoms. The van der Waals surface area contributed by atoms with E-state index in [4.69, 9.17) is 0 Å². The number of nitrogens with two attached hydrogens (primary N) is 1. The Balaban J connectivity index is 0.00000180. The molecule has 0 heterocycles. The third-order valence-corrected chi connectivity index (χ3v) is 2.78. The third-order valence-electron chi connectivity index (χ3n) is 2.78. The van der Waals surface area contributed by atoms with Gasteiger partial charge in [-0.3, -0.25) is 10.1 Å². The van der Waals surface area contributed by atoms with Gasteiger partial charge >= 0.3 is 0 Å². The Hall–Kier alpha value is -1.91. The largest absolute Gasteiger partial charge is 1.00 e. The zero-order chi connectivity index (χ0) is 13.0. The number of benzene rings is 2. The summed E-state index contributed by atoms with van der Waals surface area (Å²) in [6.45, 7) is 2.83. The summed E-state index contributed by atoms with van der Waals surface area (Å²) in [7, 11) is 0. The average Bonchev–Trinajstić information content (AvgIpc) is 2.38. The second kappa shape index (κ2) is 6.87. The Morgan fingerprint density at radius 3 is 2.47 bits per heavy atom. The van der Waals surface area contributed by atoms with Crippen molar-refractivity contribution in [2.75, 3.05) is 0 Å². The molecule has 19 heavy (non-hydrogen) atoms. The van der Waals surface area contributed by atoms with E-state index >= 15 is 0 Å². The van der Waals surface area contributed by atoms with Gasteiger partial charge in [0.1, 0.15) is 12.2 Å². The number of nitro benzene ring substituents is 1. The zero-order valence-electron chi connectivity index (χ0n) is 10.5. The molecule has 0 unspecified atom stereocenters. The van der Waals surface area contributed by atoms with E-state index in [0.29, 0.717) is 0 Å². The fourth-order valence-corrected chi connectivity index (χ4v) is 1.73. The van der Waals surface area contributed by atoms with Crippen LogP contribution in [-0.2, 0) is 6.54 Å². The number of aryl methyl sites for hydroxylation is 1. The Kier molecular flexibility index (Phi) is 5.48. The molecule has 2 N–H and O–H groups in total. The molecule has 100 valence electrons. The van der Waals surface area contributed by atoms with Gasteiger partial charge in [0, 0.05) is 11.6 Å². The van der Waals surface area contributed by atoms with Crippen molar-refractivity contribution in [1.82, 2.24) is 0 Å². The van der Waals surface area contributed by atoms with Crippen molar-refractivity contribution in [3.8, 4) is 0 Å². The van der Waals surface area contributed by atoms with Crippen molar-refractivity contribution in [2.45, 2.75) is 13.5 Å². The molecule has 0 radical (unpaired) electrons. The number of non-ortho nitro benzene ring substituents is 1. The van der Waals surface area contributed by atoms with Crippen LogP contribution >= 0.6 is 0 Å². The summed E-state index contributed by atoms with van der Waals surface area (Å²) in [4.78, 5) is 10.3. The van der Waals surface area contributed by atoms with E-state index in [1.54, 1.807) is 12.1 Å². The van der Waals surface area contributed by atoms with E-state index in [9.17, 15) is 10.1 Å². The van der Waals surface area contributed by atoms with E-state index in [0.717, 1.165) is 12.2 Å². The van der Waals surface area contributed by atoms with Crippen molar-refractivity contribution in [1.29, 1.82) is 0 Å².